The zero-order chi connectivity index (χ0) is 11.1. The topological polar surface area (TPSA) is 41.1 Å². The molecule has 0 radical (unpaired) electrons. The van der Waals surface area contributed by atoms with Gasteiger partial charge in [-0.15, -0.1) is 0 Å². The summed E-state index contributed by atoms with van der Waals surface area (Å²) in [5.41, 5.74) is 1.31. The third-order valence-electron chi connectivity index (χ3n) is 2.85. The second-order valence-corrected chi connectivity index (χ2v) is 4.87. The normalized spacial score (nSPS) is 24.1. The lowest BCUT2D eigenvalue weighted by atomic mass is 9.94. The number of nitrogens with one attached hydrogen (secondary N) is 2. The van der Waals surface area contributed by atoms with Crippen molar-refractivity contribution in [3.05, 3.63) is 22.7 Å². The molecule has 0 aromatic heterocycles. The number of benzene rings is 1. The highest BCUT2D eigenvalue weighted by molar-refractivity contribution is 9.10. The van der Waals surface area contributed by atoms with Crippen LogP contribution in [0.4, 0.5) is 11.4 Å². The molecule has 0 saturated heterocycles. The lowest BCUT2D eigenvalue weighted by Gasteiger charge is -2.35. The van der Waals surface area contributed by atoms with Crippen molar-refractivity contribution in [2.24, 2.45) is 0 Å². The second kappa shape index (κ2) is 3.52. The van der Waals surface area contributed by atoms with Crippen LogP contribution in [0.25, 0.3) is 0 Å². The van der Waals surface area contributed by atoms with Gasteiger partial charge < -0.3 is 10.6 Å². The summed E-state index contributed by atoms with van der Waals surface area (Å²) in [5, 5.41) is 6.18. The molecule has 0 fully saturated rings. The average molecular weight is 269 g/mol. The molecule has 15 heavy (non-hydrogen) atoms. The van der Waals surface area contributed by atoms with Crippen LogP contribution in [-0.2, 0) is 4.79 Å². The van der Waals surface area contributed by atoms with E-state index in [4.69, 9.17) is 0 Å². The summed E-state index contributed by atoms with van der Waals surface area (Å²) in [6.07, 6.45) is 0.758. The molecule has 1 aliphatic heterocycles. The van der Waals surface area contributed by atoms with Gasteiger partial charge in [0, 0.05) is 4.47 Å². The lowest BCUT2D eigenvalue weighted by Crippen LogP contribution is -2.49. The first kappa shape index (κ1) is 10.5. The zero-order valence-electron chi connectivity index (χ0n) is 8.73. The van der Waals surface area contributed by atoms with Crippen LogP contribution in [0, 0.1) is 0 Å². The summed E-state index contributed by atoms with van der Waals surface area (Å²) in [4.78, 5) is 11.8. The zero-order valence-corrected chi connectivity index (χ0v) is 10.3. The molecule has 0 bridgehead atoms. The maximum Gasteiger partial charge on any atom is 0.249 e. The first-order chi connectivity index (χ1) is 7.05. The number of carbonyl (C=O) groups excluding carboxylic acids is 1. The predicted octanol–water partition coefficient (Wildman–Crippen LogP) is 2.98. The molecule has 0 spiro atoms. The Kier molecular flexibility index (Phi) is 2.46. The molecule has 2 rings (SSSR count). The first-order valence-corrected chi connectivity index (χ1v) is 5.73. The Morgan fingerprint density at radius 1 is 1.40 bits per heavy atom. The van der Waals surface area contributed by atoms with Crippen LogP contribution in [0.5, 0.6) is 0 Å². The molecule has 1 unspecified atom stereocenters. The summed E-state index contributed by atoms with van der Waals surface area (Å²) in [6.45, 7) is 3.91. The number of hydrogen-bond acceptors (Lipinski definition) is 2. The molecule has 1 aromatic carbocycles. The van der Waals surface area contributed by atoms with Crippen LogP contribution in [0.15, 0.2) is 22.7 Å². The molecule has 1 heterocycles. The van der Waals surface area contributed by atoms with Crippen molar-refractivity contribution < 1.29 is 4.79 Å². The van der Waals surface area contributed by atoms with E-state index in [1.54, 1.807) is 0 Å². The van der Waals surface area contributed by atoms with Crippen molar-refractivity contribution in [2.75, 3.05) is 10.6 Å². The molecule has 1 aliphatic rings. The van der Waals surface area contributed by atoms with E-state index in [1.165, 1.54) is 0 Å². The van der Waals surface area contributed by atoms with Gasteiger partial charge in [0.1, 0.15) is 5.54 Å². The maximum absolute atomic E-state index is 11.8. The van der Waals surface area contributed by atoms with Gasteiger partial charge in [-0.3, -0.25) is 4.79 Å². The number of amides is 1. The fraction of sp³-hybridized carbons (Fsp3) is 0.364. The van der Waals surface area contributed by atoms with Gasteiger partial charge in [-0.1, -0.05) is 22.9 Å². The van der Waals surface area contributed by atoms with Gasteiger partial charge in [0.05, 0.1) is 11.4 Å². The third-order valence-corrected chi connectivity index (χ3v) is 3.34. The number of carbonyl (C=O) groups is 1. The quantitative estimate of drug-likeness (QED) is 0.822. The smallest absolute Gasteiger partial charge is 0.249 e. The molecular formula is C11H13BrN2O. The minimum absolute atomic E-state index is 0.0237. The van der Waals surface area contributed by atoms with Crippen LogP contribution < -0.4 is 10.6 Å². The van der Waals surface area contributed by atoms with E-state index in [9.17, 15) is 4.79 Å². The number of rotatable bonds is 1. The lowest BCUT2D eigenvalue weighted by molar-refractivity contribution is -0.120. The van der Waals surface area contributed by atoms with E-state index < -0.39 is 5.54 Å². The van der Waals surface area contributed by atoms with Gasteiger partial charge in [-0.25, -0.2) is 0 Å². The van der Waals surface area contributed by atoms with Crippen LogP contribution in [-0.4, -0.2) is 11.4 Å². The van der Waals surface area contributed by atoms with Crippen molar-refractivity contribution in [1.82, 2.24) is 0 Å². The molecule has 1 aromatic rings. The first-order valence-electron chi connectivity index (χ1n) is 4.94. The highest BCUT2D eigenvalue weighted by atomic mass is 79.9. The van der Waals surface area contributed by atoms with E-state index in [2.05, 4.69) is 26.6 Å². The van der Waals surface area contributed by atoms with E-state index >= 15 is 0 Å². The standard InChI is InChI=1S/C11H13BrN2O/c1-3-11(2)10(15)13-9-6-7(12)4-5-8(9)14-11/h4-6,14H,3H2,1-2H3,(H,13,15). The van der Waals surface area contributed by atoms with Gasteiger partial charge in [-0.05, 0) is 31.5 Å². The Morgan fingerprint density at radius 2 is 2.13 bits per heavy atom. The Morgan fingerprint density at radius 3 is 2.80 bits per heavy atom. The van der Waals surface area contributed by atoms with E-state index in [0.29, 0.717) is 0 Å². The largest absolute Gasteiger partial charge is 0.370 e. The molecule has 0 saturated carbocycles. The Hall–Kier alpha value is -1.03. The van der Waals surface area contributed by atoms with Gasteiger partial charge in [0.25, 0.3) is 0 Å². The van der Waals surface area contributed by atoms with Crippen LogP contribution in [0.3, 0.4) is 0 Å². The minimum atomic E-state index is -0.499. The van der Waals surface area contributed by atoms with Crippen molar-refractivity contribution in [1.29, 1.82) is 0 Å². The Labute approximate surface area is 97.4 Å². The Bertz CT molecular complexity index is 419. The third kappa shape index (κ3) is 1.74. The fourth-order valence-corrected chi connectivity index (χ4v) is 1.95. The van der Waals surface area contributed by atoms with Crippen LogP contribution in [0.1, 0.15) is 20.3 Å². The molecule has 80 valence electrons. The van der Waals surface area contributed by atoms with E-state index in [0.717, 1.165) is 22.3 Å². The molecular weight excluding hydrogens is 256 g/mol. The van der Waals surface area contributed by atoms with E-state index in [1.807, 2.05) is 32.0 Å². The molecule has 4 heteroatoms. The predicted molar refractivity (Wildman–Crippen MR) is 65.1 cm³/mol. The average Bonchev–Trinajstić information content (AvgIpc) is 2.20. The summed E-state index contributed by atoms with van der Waals surface area (Å²) in [6, 6.07) is 5.82. The van der Waals surface area contributed by atoms with Crippen molar-refractivity contribution in [2.45, 2.75) is 25.8 Å². The van der Waals surface area contributed by atoms with Crippen molar-refractivity contribution in [3.63, 3.8) is 0 Å². The van der Waals surface area contributed by atoms with Gasteiger partial charge >= 0.3 is 0 Å². The van der Waals surface area contributed by atoms with Crippen LogP contribution in [0.2, 0.25) is 0 Å². The number of halogens is 1. The monoisotopic (exact) mass is 268 g/mol. The van der Waals surface area contributed by atoms with Crippen LogP contribution >= 0.6 is 15.9 Å². The summed E-state index contributed by atoms with van der Waals surface area (Å²) in [7, 11) is 0. The molecule has 1 amide bonds. The molecule has 2 N–H and O–H groups in total. The highest BCUT2D eigenvalue weighted by Crippen LogP contribution is 2.34. The maximum atomic E-state index is 11.8. The minimum Gasteiger partial charge on any atom is -0.370 e. The number of hydrogen-bond donors (Lipinski definition) is 2. The number of fused-ring (bicyclic) bond motifs is 1. The van der Waals surface area contributed by atoms with E-state index in [-0.39, 0.29) is 5.91 Å². The van der Waals surface area contributed by atoms with Crippen molar-refractivity contribution >= 4 is 33.2 Å². The fourth-order valence-electron chi connectivity index (χ4n) is 1.59. The molecule has 3 nitrogen and oxygen atoms in total. The van der Waals surface area contributed by atoms with Gasteiger partial charge in [0.15, 0.2) is 0 Å². The molecule has 1 atom stereocenters. The van der Waals surface area contributed by atoms with Gasteiger partial charge in [0.2, 0.25) is 5.91 Å². The SMILES string of the molecule is CCC1(C)Nc2ccc(Br)cc2NC1=O. The highest BCUT2D eigenvalue weighted by Gasteiger charge is 2.35. The van der Waals surface area contributed by atoms with Gasteiger partial charge in [-0.2, -0.15) is 0 Å². The molecule has 0 aliphatic carbocycles. The summed E-state index contributed by atoms with van der Waals surface area (Å²) < 4.78 is 0.962. The number of anilines is 2. The van der Waals surface area contributed by atoms with Crippen molar-refractivity contribution in [3.8, 4) is 0 Å². The summed E-state index contributed by atoms with van der Waals surface area (Å²) in [5.74, 6) is 0.0237. The Balaban J connectivity index is 2.42. The second-order valence-electron chi connectivity index (χ2n) is 3.95. The summed E-state index contributed by atoms with van der Waals surface area (Å²) >= 11 is 3.38.